The van der Waals surface area contributed by atoms with Crippen LogP contribution in [-0.4, -0.2) is 17.0 Å². The molecule has 0 aliphatic carbocycles. The van der Waals surface area contributed by atoms with Crippen LogP contribution in [0.5, 0.6) is 17.2 Å². The minimum atomic E-state index is -0.409. The molecule has 0 saturated carbocycles. The highest BCUT2D eigenvalue weighted by Crippen LogP contribution is 2.40. The Balaban J connectivity index is 2.49. The summed E-state index contributed by atoms with van der Waals surface area (Å²) in [5.74, 6) is 2.61. The first-order valence-corrected chi connectivity index (χ1v) is 11.7. The first kappa shape index (κ1) is 27.2. The summed E-state index contributed by atoms with van der Waals surface area (Å²) in [5.41, 5.74) is 1.54. The van der Waals surface area contributed by atoms with E-state index in [-0.39, 0.29) is 16.8 Å². The molecule has 0 atom stereocenters. The van der Waals surface area contributed by atoms with E-state index in [1.807, 2.05) is 53.7 Å². The van der Waals surface area contributed by atoms with Crippen LogP contribution >= 0.6 is 0 Å². The second-order valence-corrected chi connectivity index (χ2v) is 11.6. The lowest BCUT2D eigenvalue weighted by atomic mass is 9.85. The normalized spacial score (nSPS) is 12.5. The summed E-state index contributed by atoms with van der Waals surface area (Å²) in [6.07, 6.45) is 3.40. The molecule has 4 heteroatoms. The number of carbonyl (C=O) groups is 1. The minimum Gasteiger partial charge on any atom is -0.488 e. The summed E-state index contributed by atoms with van der Waals surface area (Å²) in [6, 6.07) is 11.0. The van der Waals surface area contributed by atoms with Crippen molar-refractivity contribution in [2.75, 3.05) is 0 Å². The molecule has 0 aliphatic rings. The maximum absolute atomic E-state index is 12.9. The van der Waals surface area contributed by atoms with Crippen molar-refractivity contribution < 1.29 is 19.0 Å². The summed E-state index contributed by atoms with van der Waals surface area (Å²) < 4.78 is 18.1. The summed E-state index contributed by atoms with van der Waals surface area (Å²) in [7, 11) is 0. The zero-order chi connectivity index (χ0) is 25.9. The van der Waals surface area contributed by atoms with Gasteiger partial charge in [-0.05, 0) is 96.4 Å². The number of ketones is 1. The van der Waals surface area contributed by atoms with Crippen molar-refractivity contribution in [2.24, 2.45) is 0 Å². The SMILES string of the molecule is C=C(C)Oc1ccc(C(=O)/C=C/c2cc(C(C)(C)C)c(OC(C)(C)C)cc2OC(C)(C)C)cc1. The van der Waals surface area contributed by atoms with Crippen LogP contribution < -0.4 is 14.2 Å². The van der Waals surface area contributed by atoms with E-state index in [1.54, 1.807) is 37.3 Å². The van der Waals surface area contributed by atoms with E-state index in [9.17, 15) is 4.79 Å². The van der Waals surface area contributed by atoms with Crippen LogP contribution in [0, 0.1) is 0 Å². The third-order valence-electron chi connectivity index (χ3n) is 4.60. The largest absolute Gasteiger partial charge is 0.488 e. The number of carbonyl (C=O) groups excluding carboxylic acids is 1. The van der Waals surface area contributed by atoms with Crippen LogP contribution in [0.1, 0.15) is 90.7 Å². The Kier molecular flexibility index (Phi) is 8.08. The number of rotatable bonds is 7. The van der Waals surface area contributed by atoms with Crippen molar-refractivity contribution >= 4 is 11.9 Å². The second kappa shape index (κ2) is 10.1. The number of ether oxygens (including phenoxy) is 3. The molecule has 0 unspecified atom stereocenters. The van der Waals surface area contributed by atoms with Gasteiger partial charge in [0.15, 0.2) is 5.78 Å². The Morgan fingerprint density at radius 3 is 1.82 bits per heavy atom. The third-order valence-corrected chi connectivity index (χ3v) is 4.60. The van der Waals surface area contributed by atoms with Crippen molar-refractivity contribution in [1.82, 2.24) is 0 Å². The van der Waals surface area contributed by atoms with Crippen LogP contribution in [0.2, 0.25) is 0 Å². The maximum Gasteiger partial charge on any atom is 0.185 e. The van der Waals surface area contributed by atoms with Crippen LogP contribution in [-0.2, 0) is 5.41 Å². The van der Waals surface area contributed by atoms with Gasteiger partial charge in [0.05, 0.1) is 5.76 Å². The molecular weight excluding hydrogens is 424 g/mol. The quantitative estimate of drug-likeness (QED) is 0.236. The van der Waals surface area contributed by atoms with Gasteiger partial charge in [-0.2, -0.15) is 0 Å². The molecule has 0 radical (unpaired) electrons. The number of benzene rings is 2. The van der Waals surface area contributed by atoms with Crippen molar-refractivity contribution in [3.8, 4) is 17.2 Å². The maximum atomic E-state index is 12.9. The zero-order valence-corrected chi connectivity index (χ0v) is 22.5. The van der Waals surface area contributed by atoms with Crippen molar-refractivity contribution in [1.29, 1.82) is 0 Å². The Labute approximate surface area is 205 Å². The molecule has 34 heavy (non-hydrogen) atoms. The average molecular weight is 465 g/mol. The molecule has 0 bridgehead atoms. The standard InChI is InChI=1S/C30H40O4/c1-20(2)32-23-15-12-21(13-16-23)25(31)17-14-22-18-24(28(3,4)5)27(34-30(9,10)11)19-26(22)33-29(6,7)8/h12-19H,1H2,2-11H3/b17-14+. The van der Waals surface area contributed by atoms with Crippen LogP contribution in [0.25, 0.3) is 6.08 Å². The van der Waals surface area contributed by atoms with Gasteiger partial charge in [0.1, 0.15) is 28.5 Å². The summed E-state index contributed by atoms with van der Waals surface area (Å²) >= 11 is 0. The molecule has 4 nitrogen and oxygen atoms in total. The lowest BCUT2D eigenvalue weighted by Crippen LogP contribution is -2.27. The second-order valence-electron chi connectivity index (χ2n) is 11.6. The Bertz CT molecular complexity index is 1050. The first-order chi connectivity index (χ1) is 15.4. The lowest BCUT2D eigenvalue weighted by molar-refractivity contribution is 0.104. The van der Waals surface area contributed by atoms with Gasteiger partial charge in [0.2, 0.25) is 0 Å². The highest BCUT2D eigenvalue weighted by atomic mass is 16.5. The van der Waals surface area contributed by atoms with Gasteiger partial charge in [0.25, 0.3) is 0 Å². The molecule has 2 rings (SSSR count). The lowest BCUT2D eigenvalue weighted by Gasteiger charge is -2.30. The zero-order valence-electron chi connectivity index (χ0n) is 22.5. The highest BCUT2D eigenvalue weighted by molar-refractivity contribution is 6.07. The Morgan fingerprint density at radius 1 is 0.824 bits per heavy atom. The Morgan fingerprint density at radius 2 is 1.35 bits per heavy atom. The molecule has 0 spiro atoms. The van der Waals surface area contributed by atoms with E-state index in [2.05, 4.69) is 33.4 Å². The van der Waals surface area contributed by atoms with Crippen molar-refractivity contribution in [2.45, 2.75) is 85.9 Å². The summed E-state index contributed by atoms with van der Waals surface area (Å²) in [5, 5.41) is 0. The van der Waals surface area contributed by atoms with E-state index < -0.39 is 5.60 Å². The third kappa shape index (κ3) is 8.40. The number of hydrogen-bond acceptors (Lipinski definition) is 4. The van der Waals surface area contributed by atoms with Gasteiger partial charge >= 0.3 is 0 Å². The van der Waals surface area contributed by atoms with Crippen LogP contribution in [0.15, 0.2) is 54.8 Å². The fourth-order valence-electron chi connectivity index (χ4n) is 3.28. The van der Waals surface area contributed by atoms with E-state index >= 15 is 0 Å². The molecule has 184 valence electrons. The van der Waals surface area contributed by atoms with E-state index in [0.717, 1.165) is 16.9 Å². The van der Waals surface area contributed by atoms with Gasteiger partial charge in [-0.3, -0.25) is 4.79 Å². The van der Waals surface area contributed by atoms with E-state index in [1.165, 1.54) is 0 Å². The molecule has 0 amide bonds. The van der Waals surface area contributed by atoms with Crippen LogP contribution in [0.4, 0.5) is 0 Å². The predicted molar refractivity (Wildman–Crippen MR) is 141 cm³/mol. The van der Waals surface area contributed by atoms with E-state index in [0.29, 0.717) is 22.8 Å². The monoisotopic (exact) mass is 464 g/mol. The molecule has 0 fully saturated rings. The molecule has 0 aliphatic heterocycles. The first-order valence-electron chi connectivity index (χ1n) is 11.7. The summed E-state index contributed by atoms with van der Waals surface area (Å²) in [4.78, 5) is 12.9. The molecule has 0 heterocycles. The van der Waals surface area contributed by atoms with E-state index in [4.69, 9.17) is 14.2 Å². The molecular formula is C30H40O4. The van der Waals surface area contributed by atoms with Gasteiger partial charge in [-0.15, -0.1) is 0 Å². The minimum absolute atomic E-state index is 0.101. The van der Waals surface area contributed by atoms with Crippen molar-refractivity contribution in [3.63, 3.8) is 0 Å². The predicted octanol–water partition coefficient (Wildman–Crippen LogP) is 8.15. The summed E-state index contributed by atoms with van der Waals surface area (Å²) in [6.45, 7) is 24.1. The molecule has 0 aromatic heterocycles. The fraction of sp³-hybridized carbons (Fsp3) is 0.433. The topological polar surface area (TPSA) is 44.8 Å². The fourth-order valence-corrected chi connectivity index (χ4v) is 3.28. The molecule has 0 saturated heterocycles. The van der Waals surface area contributed by atoms with Crippen molar-refractivity contribution in [3.05, 3.63) is 71.5 Å². The van der Waals surface area contributed by atoms with Gasteiger partial charge < -0.3 is 14.2 Å². The molecule has 0 N–H and O–H groups in total. The smallest absolute Gasteiger partial charge is 0.185 e. The van der Waals surface area contributed by atoms with Gasteiger partial charge in [0, 0.05) is 22.8 Å². The van der Waals surface area contributed by atoms with Gasteiger partial charge in [-0.25, -0.2) is 0 Å². The number of hydrogen-bond donors (Lipinski definition) is 0. The van der Waals surface area contributed by atoms with Crippen LogP contribution in [0.3, 0.4) is 0 Å². The van der Waals surface area contributed by atoms with Gasteiger partial charge in [-0.1, -0.05) is 27.4 Å². The highest BCUT2D eigenvalue weighted by Gasteiger charge is 2.26. The molecule has 2 aromatic carbocycles. The number of allylic oxidation sites excluding steroid dienone is 2. The average Bonchev–Trinajstić information content (AvgIpc) is 2.63. The Hall–Kier alpha value is -3.01. The molecule has 2 aromatic rings.